The van der Waals surface area contributed by atoms with Crippen LogP contribution in [0, 0.1) is 0 Å². The van der Waals surface area contributed by atoms with Crippen LogP contribution >= 0.6 is 27.3 Å². The number of thiophene rings is 1. The van der Waals surface area contributed by atoms with Crippen LogP contribution in [0.4, 0.5) is 0 Å². The summed E-state index contributed by atoms with van der Waals surface area (Å²) in [6, 6.07) is 1.62. The number of carbonyl (C=O) groups excluding carboxylic acids is 1. The largest absolute Gasteiger partial charge is 0.394 e. The summed E-state index contributed by atoms with van der Waals surface area (Å²) < 4.78 is 0.806. The molecule has 0 atom stereocenters. The molecule has 1 amide bonds. The Morgan fingerprint density at radius 2 is 1.94 bits per heavy atom. The first kappa shape index (κ1) is 13.6. The number of nitrogens with one attached hydrogen (secondary N) is 1. The Labute approximate surface area is 105 Å². The quantitative estimate of drug-likeness (QED) is 0.614. The maximum absolute atomic E-state index is 11.7. The van der Waals surface area contributed by atoms with E-state index in [0.717, 1.165) is 3.79 Å². The Kier molecular flexibility index (Phi) is 4.88. The lowest BCUT2D eigenvalue weighted by Gasteiger charge is -2.28. The predicted octanol–water partition coefficient (Wildman–Crippen LogP) is -0.0439. The first-order chi connectivity index (χ1) is 7.56. The number of aliphatic hydroxyl groups excluding tert-OH is 3. The second-order valence-corrected chi connectivity index (χ2v) is 5.64. The lowest BCUT2D eigenvalue weighted by atomic mass is 10.0. The van der Waals surface area contributed by atoms with Gasteiger partial charge in [0, 0.05) is 5.38 Å². The minimum absolute atomic E-state index is 0.414. The molecule has 1 heterocycles. The Hall–Kier alpha value is -0.470. The molecule has 1 rings (SSSR count). The van der Waals surface area contributed by atoms with Crippen LogP contribution in [0.5, 0.6) is 0 Å². The number of halogens is 1. The predicted molar refractivity (Wildman–Crippen MR) is 63.5 cm³/mol. The van der Waals surface area contributed by atoms with E-state index < -0.39 is 31.3 Å². The van der Waals surface area contributed by atoms with Gasteiger partial charge in [-0.25, -0.2) is 0 Å². The molecule has 0 spiro atoms. The molecule has 16 heavy (non-hydrogen) atoms. The molecule has 0 aliphatic heterocycles. The molecule has 0 aliphatic carbocycles. The summed E-state index contributed by atoms with van der Waals surface area (Å²) in [6.45, 7) is -1.59. The molecule has 1 aromatic heterocycles. The highest BCUT2D eigenvalue weighted by Crippen LogP contribution is 2.21. The number of rotatable bonds is 5. The Bertz CT molecular complexity index is 356. The van der Waals surface area contributed by atoms with Crippen LogP contribution < -0.4 is 5.32 Å². The van der Waals surface area contributed by atoms with Crippen molar-refractivity contribution in [2.45, 2.75) is 5.54 Å². The van der Waals surface area contributed by atoms with E-state index >= 15 is 0 Å². The summed E-state index contributed by atoms with van der Waals surface area (Å²) in [5.41, 5.74) is -0.970. The Balaban J connectivity index is 2.76. The van der Waals surface area contributed by atoms with Gasteiger partial charge in [-0.05, 0) is 22.0 Å². The maximum Gasteiger partial charge on any atom is 0.252 e. The standard InChI is InChI=1S/C9H12BrNO4S/c10-7-1-6(2-16-7)8(15)11-9(3-12,4-13)5-14/h1-2,12-14H,3-5H2,(H,11,15). The van der Waals surface area contributed by atoms with Crippen molar-refractivity contribution in [3.8, 4) is 0 Å². The fraction of sp³-hybridized carbons (Fsp3) is 0.444. The molecule has 5 nitrogen and oxygen atoms in total. The fourth-order valence-electron chi connectivity index (χ4n) is 1.01. The van der Waals surface area contributed by atoms with Crippen LogP contribution in [0.1, 0.15) is 10.4 Å². The molecule has 0 saturated carbocycles. The van der Waals surface area contributed by atoms with Crippen LogP contribution in [0.3, 0.4) is 0 Å². The van der Waals surface area contributed by atoms with Crippen LogP contribution in [-0.2, 0) is 0 Å². The number of amides is 1. The summed E-state index contributed by atoms with van der Waals surface area (Å²) in [5.74, 6) is -0.445. The average molecular weight is 310 g/mol. The number of hydrogen-bond acceptors (Lipinski definition) is 5. The highest BCUT2D eigenvalue weighted by atomic mass is 79.9. The van der Waals surface area contributed by atoms with Crippen molar-refractivity contribution in [3.05, 3.63) is 20.8 Å². The van der Waals surface area contributed by atoms with Crippen molar-refractivity contribution >= 4 is 33.2 Å². The minimum atomic E-state index is -1.38. The van der Waals surface area contributed by atoms with E-state index in [2.05, 4.69) is 21.2 Å². The van der Waals surface area contributed by atoms with E-state index in [4.69, 9.17) is 15.3 Å². The van der Waals surface area contributed by atoms with Crippen molar-refractivity contribution in [1.82, 2.24) is 5.32 Å². The molecule has 1 aromatic rings. The first-order valence-electron chi connectivity index (χ1n) is 4.46. The van der Waals surface area contributed by atoms with E-state index in [1.807, 2.05) is 0 Å². The van der Waals surface area contributed by atoms with E-state index in [1.54, 1.807) is 11.4 Å². The third-order valence-corrected chi connectivity index (χ3v) is 3.62. The normalized spacial score (nSPS) is 11.5. The van der Waals surface area contributed by atoms with Crippen molar-refractivity contribution < 1.29 is 20.1 Å². The Morgan fingerprint density at radius 3 is 2.31 bits per heavy atom. The molecular weight excluding hydrogens is 298 g/mol. The molecule has 7 heteroatoms. The van der Waals surface area contributed by atoms with Gasteiger partial charge in [0.15, 0.2) is 0 Å². The van der Waals surface area contributed by atoms with Crippen LogP contribution in [-0.4, -0.2) is 46.6 Å². The molecule has 0 bridgehead atoms. The third-order valence-electron chi connectivity index (χ3n) is 2.12. The Morgan fingerprint density at radius 1 is 1.38 bits per heavy atom. The molecule has 0 fully saturated rings. The van der Waals surface area contributed by atoms with Gasteiger partial charge < -0.3 is 20.6 Å². The van der Waals surface area contributed by atoms with Crippen molar-refractivity contribution in [2.75, 3.05) is 19.8 Å². The third kappa shape index (κ3) is 3.02. The second kappa shape index (κ2) is 5.74. The fourth-order valence-corrected chi connectivity index (χ4v) is 2.15. The van der Waals surface area contributed by atoms with E-state index in [-0.39, 0.29) is 0 Å². The van der Waals surface area contributed by atoms with E-state index in [1.165, 1.54) is 11.3 Å². The summed E-state index contributed by atoms with van der Waals surface area (Å²) in [4.78, 5) is 11.7. The lowest BCUT2D eigenvalue weighted by molar-refractivity contribution is 0.0375. The zero-order valence-corrected chi connectivity index (χ0v) is 10.7. The van der Waals surface area contributed by atoms with Gasteiger partial charge in [0.2, 0.25) is 0 Å². The number of hydrogen-bond donors (Lipinski definition) is 4. The molecule has 0 aromatic carbocycles. The average Bonchev–Trinajstić information content (AvgIpc) is 2.73. The summed E-state index contributed by atoms with van der Waals surface area (Å²) in [5, 5.41) is 31.1. The lowest BCUT2D eigenvalue weighted by Crippen LogP contribution is -2.56. The zero-order chi connectivity index (χ0) is 12.2. The number of aliphatic hydroxyl groups is 3. The van der Waals surface area contributed by atoms with Crippen molar-refractivity contribution in [3.63, 3.8) is 0 Å². The molecule has 0 radical (unpaired) electrons. The zero-order valence-electron chi connectivity index (χ0n) is 8.31. The van der Waals surface area contributed by atoms with Crippen LogP contribution in [0.2, 0.25) is 0 Å². The number of carbonyl (C=O) groups is 1. The first-order valence-corrected chi connectivity index (χ1v) is 6.13. The van der Waals surface area contributed by atoms with Crippen molar-refractivity contribution in [1.29, 1.82) is 0 Å². The SMILES string of the molecule is O=C(NC(CO)(CO)CO)c1csc(Br)c1. The topological polar surface area (TPSA) is 89.8 Å². The summed E-state index contributed by atoms with van der Waals surface area (Å²) in [6.07, 6.45) is 0. The van der Waals surface area contributed by atoms with Gasteiger partial charge in [-0.1, -0.05) is 0 Å². The monoisotopic (exact) mass is 309 g/mol. The molecule has 4 N–H and O–H groups in total. The molecule has 0 aliphatic rings. The minimum Gasteiger partial charge on any atom is -0.394 e. The smallest absolute Gasteiger partial charge is 0.252 e. The molecule has 90 valence electrons. The van der Waals surface area contributed by atoms with E-state index in [9.17, 15) is 4.79 Å². The maximum atomic E-state index is 11.7. The van der Waals surface area contributed by atoms with Gasteiger partial charge in [-0.3, -0.25) is 4.79 Å². The molecular formula is C9H12BrNO4S. The highest BCUT2D eigenvalue weighted by molar-refractivity contribution is 9.11. The summed E-state index contributed by atoms with van der Waals surface area (Å²) >= 11 is 4.57. The second-order valence-electron chi connectivity index (χ2n) is 3.35. The van der Waals surface area contributed by atoms with Gasteiger partial charge in [-0.15, -0.1) is 11.3 Å². The van der Waals surface area contributed by atoms with Gasteiger partial charge in [0.05, 0.1) is 29.2 Å². The van der Waals surface area contributed by atoms with Gasteiger partial charge in [0.25, 0.3) is 5.91 Å². The van der Waals surface area contributed by atoms with Gasteiger partial charge >= 0.3 is 0 Å². The molecule has 0 unspecified atom stereocenters. The molecule has 0 saturated heterocycles. The van der Waals surface area contributed by atoms with Crippen LogP contribution in [0.25, 0.3) is 0 Å². The van der Waals surface area contributed by atoms with E-state index in [0.29, 0.717) is 5.56 Å². The van der Waals surface area contributed by atoms with Crippen LogP contribution in [0.15, 0.2) is 15.2 Å². The summed E-state index contributed by atoms with van der Waals surface area (Å²) in [7, 11) is 0. The van der Waals surface area contributed by atoms with Crippen molar-refractivity contribution in [2.24, 2.45) is 0 Å². The van der Waals surface area contributed by atoms with Gasteiger partial charge in [0.1, 0.15) is 5.54 Å². The van der Waals surface area contributed by atoms with Gasteiger partial charge in [-0.2, -0.15) is 0 Å². The highest BCUT2D eigenvalue weighted by Gasteiger charge is 2.30.